The Morgan fingerprint density at radius 1 is 1.53 bits per heavy atom. The minimum atomic E-state index is -0.619. The number of aromatic nitrogens is 1. The second kappa shape index (κ2) is 7.70. The van der Waals surface area contributed by atoms with Gasteiger partial charge in [0.25, 0.3) is 5.56 Å². The second-order valence-electron chi connectivity index (χ2n) is 4.33. The Balaban J connectivity index is 2.68. The van der Waals surface area contributed by atoms with Gasteiger partial charge in [0.2, 0.25) is 5.91 Å². The van der Waals surface area contributed by atoms with Crippen LogP contribution < -0.4 is 16.6 Å². The number of hydrogen-bond acceptors (Lipinski definition) is 4. The van der Waals surface area contributed by atoms with E-state index in [0.717, 1.165) is 6.42 Å². The molecule has 0 aromatic carbocycles. The number of pyridine rings is 1. The summed E-state index contributed by atoms with van der Waals surface area (Å²) in [4.78, 5) is 23.3. The van der Waals surface area contributed by atoms with Crippen LogP contribution >= 0.6 is 0 Å². The molecule has 0 aliphatic rings. The van der Waals surface area contributed by atoms with Gasteiger partial charge in [-0.05, 0) is 18.9 Å². The molecular weight excluding hydrogens is 246 g/mol. The summed E-state index contributed by atoms with van der Waals surface area (Å²) >= 11 is 0. The van der Waals surface area contributed by atoms with Crippen LogP contribution in [0.1, 0.15) is 19.8 Å². The van der Waals surface area contributed by atoms with Crippen LogP contribution in [0.4, 0.5) is 5.69 Å². The molecular formula is C13H21N3O3. The highest BCUT2D eigenvalue weighted by Crippen LogP contribution is 2.05. The number of nitrogens with zero attached hydrogens (tertiary/aromatic N) is 1. The number of carbonyl (C=O) groups is 1. The van der Waals surface area contributed by atoms with Crippen molar-refractivity contribution in [2.45, 2.75) is 32.4 Å². The fraction of sp³-hybridized carbons (Fsp3) is 0.538. The van der Waals surface area contributed by atoms with Gasteiger partial charge in [-0.1, -0.05) is 6.92 Å². The van der Waals surface area contributed by atoms with Crippen molar-refractivity contribution in [2.75, 3.05) is 19.0 Å². The third-order valence-corrected chi connectivity index (χ3v) is 2.69. The summed E-state index contributed by atoms with van der Waals surface area (Å²) in [5, 5.41) is 2.70. The van der Waals surface area contributed by atoms with Crippen molar-refractivity contribution in [1.29, 1.82) is 0 Å². The zero-order valence-electron chi connectivity index (χ0n) is 11.4. The van der Waals surface area contributed by atoms with Crippen molar-refractivity contribution in [3.05, 3.63) is 28.7 Å². The Morgan fingerprint density at radius 3 is 2.89 bits per heavy atom. The normalized spacial score (nSPS) is 12.2. The predicted octanol–water partition coefficient (Wildman–Crippen LogP) is 0.561. The Hall–Kier alpha value is -1.66. The third-order valence-electron chi connectivity index (χ3n) is 2.69. The molecule has 1 amide bonds. The Labute approximate surface area is 112 Å². The number of carbonyl (C=O) groups excluding carboxylic acids is 1. The lowest BCUT2D eigenvalue weighted by Crippen LogP contribution is -2.36. The van der Waals surface area contributed by atoms with E-state index in [9.17, 15) is 9.59 Å². The zero-order chi connectivity index (χ0) is 14.3. The summed E-state index contributed by atoms with van der Waals surface area (Å²) < 4.78 is 6.44. The van der Waals surface area contributed by atoms with E-state index in [-0.39, 0.29) is 11.5 Å². The summed E-state index contributed by atoms with van der Waals surface area (Å²) in [5.74, 6) is -0.279. The van der Waals surface area contributed by atoms with Crippen LogP contribution in [0.25, 0.3) is 0 Å². The van der Waals surface area contributed by atoms with Crippen molar-refractivity contribution in [2.24, 2.45) is 5.73 Å². The molecule has 0 saturated heterocycles. The minimum Gasteiger partial charge on any atom is -0.385 e. The number of amides is 1. The molecule has 0 bridgehead atoms. The maximum absolute atomic E-state index is 11.8. The van der Waals surface area contributed by atoms with Crippen LogP contribution in [-0.2, 0) is 16.1 Å². The molecule has 3 N–H and O–H groups in total. The summed E-state index contributed by atoms with van der Waals surface area (Å²) in [6, 6.07) is 2.40. The average molecular weight is 267 g/mol. The van der Waals surface area contributed by atoms with Gasteiger partial charge in [-0.2, -0.15) is 0 Å². The molecule has 1 heterocycles. The number of aryl methyl sites for hydroxylation is 1. The molecule has 1 rings (SSSR count). The van der Waals surface area contributed by atoms with E-state index in [4.69, 9.17) is 10.5 Å². The molecule has 0 fully saturated rings. The molecule has 0 aliphatic heterocycles. The molecule has 6 heteroatoms. The van der Waals surface area contributed by atoms with Crippen LogP contribution in [0.5, 0.6) is 0 Å². The highest BCUT2D eigenvalue weighted by molar-refractivity contribution is 5.94. The molecule has 0 aliphatic carbocycles. The van der Waals surface area contributed by atoms with E-state index >= 15 is 0 Å². The second-order valence-corrected chi connectivity index (χ2v) is 4.33. The van der Waals surface area contributed by atoms with E-state index in [1.165, 1.54) is 6.07 Å². The number of anilines is 1. The molecule has 1 unspecified atom stereocenters. The van der Waals surface area contributed by atoms with Gasteiger partial charge in [0.15, 0.2) is 0 Å². The lowest BCUT2D eigenvalue weighted by Gasteiger charge is -2.13. The van der Waals surface area contributed by atoms with Gasteiger partial charge in [0.05, 0.1) is 11.7 Å². The summed E-state index contributed by atoms with van der Waals surface area (Å²) in [5.41, 5.74) is 6.21. The largest absolute Gasteiger partial charge is 0.385 e. The molecule has 1 aromatic rings. The lowest BCUT2D eigenvalue weighted by atomic mass is 10.2. The Bertz CT molecular complexity index is 470. The maximum atomic E-state index is 11.8. The van der Waals surface area contributed by atoms with E-state index in [1.54, 1.807) is 23.9 Å². The molecule has 19 heavy (non-hydrogen) atoms. The first-order valence-electron chi connectivity index (χ1n) is 6.34. The Morgan fingerprint density at radius 2 is 2.26 bits per heavy atom. The summed E-state index contributed by atoms with van der Waals surface area (Å²) in [6.45, 7) is 3.04. The van der Waals surface area contributed by atoms with Crippen molar-refractivity contribution in [3.8, 4) is 0 Å². The molecule has 0 spiro atoms. The zero-order valence-corrected chi connectivity index (χ0v) is 11.4. The van der Waals surface area contributed by atoms with Gasteiger partial charge < -0.3 is 20.4 Å². The smallest absolute Gasteiger partial charge is 0.250 e. The molecule has 6 nitrogen and oxygen atoms in total. The standard InChI is InChI=1S/C13H21N3O3/c1-3-7-16-9-10(4-5-12(16)17)15-13(18)11(14)6-8-19-2/h4-5,9,11H,3,6-8,14H2,1-2H3,(H,15,18). The highest BCUT2D eigenvalue weighted by Gasteiger charge is 2.13. The van der Waals surface area contributed by atoms with Crippen LogP contribution in [0.15, 0.2) is 23.1 Å². The predicted molar refractivity (Wildman–Crippen MR) is 74.1 cm³/mol. The van der Waals surface area contributed by atoms with E-state index in [2.05, 4.69) is 5.32 Å². The first-order valence-corrected chi connectivity index (χ1v) is 6.34. The van der Waals surface area contributed by atoms with Gasteiger partial charge >= 0.3 is 0 Å². The van der Waals surface area contributed by atoms with Crippen LogP contribution in [0.2, 0.25) is 0 Å². The van der Waals surface area contributed by atoms with Gasteiger partial charge in [0.1, 0.15) is 0 Å². The number of rotatable bonds is 7. The summed E-state index contributed by atoms with van der Waals surface area (Å²) in [7, 11) is 1.56. The molecule has 0 radical (unpaired) electrons. The molecule has 106 valence electrons. The number of nitrogens with two attached hydrogens (primary N) is 1. The van der Waals surface area contributed by atoms with Crippen LogP contribution in [0, 0.1) is 0 Å². The third kappa shape index (κ3) is 4.84. The van der Waals surface area contributed by atoms with Gasteiger partial charge in [0, 0.05) is 32.5 Å². The average Bonchev–Trinajstić information content (AvgIpc) is 2.40. The van der Waals surface area contributed by atoms with Gasteiger partial charge in [-0.3, -0.25) is 9.59 Å². The first kappa shape index (κ1) is 15.4. The fourth-order valence-corrected chi connectivity index (χ4v) is 1.63. The van der Waals surface area contributed by atoms with Gasteiger partial charge in [-0.15, -0.1) is 0 Å². The Kier molecular flexibility index (Phi) is 6.24. The van der Waals surface area contributed by atoms with Crippen LogP contribution in [0.3, 0.4) is 0 Å². The highest BCUT2D eigenvalue weighted by atomic mass is 16.5. The number of nitrogens with one attached hydrogen (secondary N) is 1. The summed E-state index contributed by atoms with van der Waals surface area (Å²) in [6.07, 6.45) is 2.94. The number of ether oxygens (including phenoxy) is 1. The van der Waals surface area contributed by atoms with Crippen molar-refractivity contribution < 1.29 is 9.53 Å². The quantitative estimate of drug-likeness (QED) is 0.756. The van der Waals surface area contributed by atoms with Crippen molar-refractivity contribution >= 4 is 11.6 Å². The lowest BCUT2D eigenvalue weighted by molar-refractivity contribution is -0.117. The van der Waals surface area contributed by atoms with Crippen LogP contribution in [-0.4, -0.2) is 30.2 Å². The topological polar surface area (TPSA) is 86.3 Å². The van der Waals surface area contributed by atoms with Gasteiger partial charge in [-0.25, -0.2) is 0 Å². The number of hydrogen-bond donors (Lipinski definition) is 2. The van der Waals surface area contributed by atoms with E-state index in [0.29, 0.717) is 25.3 Å². The number of methoxy groups -OCH3 is 1. The maximum Gasteiger partial charge on any atom is 0.250 e. The van der Waals surface area contributed by atoms with Crippen molar-refractivity contribution in [1.82, 2.24) is 4.57 Å². The first-order chi connectivity index (χ1) is 9.08. The van der Waals surface area contributed by atoms with E-state index in [1.807, 2.05) is 6.92 Å². The fourth-order valence-electron chi connectivity index (χ4n) is 1.63. The minimum absolute atomic E-state index is 0.0801. The SMILES string of the molecule is CCCn1cc(NC(=O)C(N)CCOC)ccc1=O. The van der Waals surface area contributed by atoms with E-state index < -0.39 is 6.04 Å². The monoisotopic (exact) mass is 267 g/mol. The molecule has 1 aromatic heterocycles. The molecule has 0 saturated carbocycles. The van der Waals surface area contributed by atoms with Crippen molar-refractivity contribution in [3.63, 3.8) is 0 Å². The molecule has 1 atom stereocenters.